The van der Waals surface area contributed by atoms with Crippen LogP contribution in [0, 0.1) is 0 Å². The van der Waals surface area contributed by atoms with E-state index in [0.29, 0.717) is 0 Å². The van der Waals surface area contributed by atoms with Gasteiger partial charge in [0, 0.05) is 13.6 Å². The molecule has 0 aliphatic rings. The topological polar surface area (TPSA) is 40.5 Å². The van der Waals surface area contributed by atoms with Crippen LogP contribution in [0.2, 0.25) is 0 Å². The van der Waals surface area contributed by atoms with E-state index in [9.17, 15) is 23.1 Å². The summed E-state index contributed by atoms with van der Waals surface area (Å²) in [4.78, 5) is 13.7. The minimum absolute atomic E-state index is 0.00383. The lowest BCUT2D eigenvalue weighted by Crippen LogP contribution is -2.27. The predicted octanol–water partition coefficient (Wildman–Crippen LogP) is 4.81. The summed E-state index contributed by atoms with van der Waals surface area (Å²) in [5, 5.41) is 10.1. The molecule has 0 saturated heterocycles. The van der Waals surface area contributed by atoms with E-state index in [0.717, 1.165) is 16.5 Å². The number of halogens is 3. The van der Waals surface area contributed by atoms with Gasteiger partial charge < -0.3 is 10.0 Å². The van der Waals surface area contributed by atoms with Gasteiger partial charge in [-0.3, -0.25) is 4.79 Å². The average Bonchev–Trinajstić information content (AvgIpc) is 2.53. The van der Waals surface area contributed by atoms with Crippen molar-refractivity contribution in [3.63, 3.8) is 0 Å². The van der Waals surface area contributed by atoms with Gasteiger partial charge in [-0.25, -0.2) is 0 Å². The van der Waals surface area contributed by atoms with E-state index < -0.39 is 17.6 Å². The lowest BCUT2D eigenvalue weighted by Gasteiger charge is -2.21. The van der Waals surface area contributed by atoms with E-state index in [-0.39, 0.29) is 29.3 Å². The number of alkyl halides is 3. The monoisotopic (exact) mass is 351 g/mol. The lowest BCUT2D eigenvalue weighted by molar-refractivity contribution is -0.138. The second-order valence-electron chi connectivity index (χ2n) is 6.25. The van der Waals surface area contributed by atoms with Gasteiger partial charge in [0.25, 0.3) is 5.91 Å². The Bertz CT molecular complexity index is 770. The van der Waals surface area contributed by atoms with Crippen molar-refractivity contribution >= 4 is 5.91 Å². The van der Waals surface area contributed by atoms with Crippen LogP contribution in [-0.4, -0.2) is 23.0 Å². The molecule has 0 bridgehead atoms. The Labute approximate surface area is 144 Å². The number of phenols is 1. The van der Waals surface area contributed by atoms with Gasteiger partial charge in [-0.05, 0) is 35.2 Å². The highest BCUT2D eigenvalue weighted by Crippen LogP contribution is 2.32. The van der Waals surface area contributed by atoms with Crippen LogP contribution in [0.1, 0.15) is 46.8 Å². The summed E-state index contributed by atoms with van der Waals surface area (Å²) in [7, 11) is 1.41. The van der Waals surface area contributed by atoms with E-state index in [2.05, 4.69) is 0 Å². The maximum atomic E-state index is 13.1. The number of aromatic hydroxyl groups is 1. The first-order valence-corrected chi connectivity index (χ1v) is 7.84. The third-order valence-corrected chi connectivity index (χ3v) is 4.00. The van der Waals surface area contributed by atoms with E-state index >= 15 is 0 Å². The number of benzene rings is 2. The van der Waals surface area contributed by atoms with E-state index in [1.807, 2.05) is 13.8 Å². The van der Waals surface area contributed by atoms with Crippen LogP contribution in [0.5, 0.6) is 5.75 Å². The van der Waals surface area contributed by atoms with Crippen molar-refractivity contribution in [2.75, 3.05) is 7.05 Å². The summed E-state index contributed by atoms with van der Waals surface area (Å²) in [6.45, 7) is 3.70. The SMILES string of the molecule is CC(C)c1ccc(C(=O)N(C)Cc2ccccc2C(F)(F)F)c(O)c1. The number of hydrogen-bond donors (Lipinski definition) is 1. The third-order valence-electron chi connectivity index (χ3n) is 4.00. The Morgan fingerprint density at radius 2 is 1.80 bits per heavy atom. The first-order chi connectivity index (χ1) is 11.6. The molecule has 134 valence electrons. The Kier molecular flexibility index (Phi) is 5.40. The Hall–Kier alpha value is -2.50. The quantitative estimate of drug-likeness (QED) is 0.859. The molecule has 0 atom stereocenters. The number of hydrogen-bond acceptors (Lipinski definition) is 2. The highest BCUT2D eigenvalue weighted by Gasteiger charge is 2.33. The molecule has 0 fully saturated rings. The van der Waals surface area contributed by atoms with Crippen LogP contribution in [-0.2, 0) is 12.7 Å². The molecular weight excluding hydrogens is 331 g/mol. The molecule has 3 nitrogen and oxygen atoms in total. The maximum absolute atomic E-state index is 13.1. The van der Waals surface area contributed by atoms with Crippen LogP contribution in [0.15, 0.2) is 42.5 Å². The van der Waals surface area contributed by atoms with Crippen molar-refractivity contribution in [3.05, 3.63) is 64.7 Å². The van der Waals surface area contributed by atoms with Crippen LogP contribution in [0.4, 0.5) is 13.2 Å². The van der Waals surface area contributed by atoms with E-state index in [4.69, 9.17) is 0 Å². The first-order valence-electron chi connectivity index (χ1n) is 7.84. The molecule has 25 heavy (non-hydrogen) atoms. The third kappa shape index (κ3) is 4.32. The van der Waals surface area contributed by atoms with Gasteiger partial charge in [0.1, 0.15) is 5.75 Å². The number of nitrogens with zero attached hydrogens (tertiary/aromatic N) is 1. The molecule has 0 saturated carbocycles. The van der Waals surface area contributed by atoms with Gasteiger partial charge in [-0.1, -0.05) is 38.1 Å². The Balaban J connectivity index is 2.25. The van der Waals surface area contributed by atoms with Gasteiger partial charge >= 0.3 is 6.18 Å². The van der Waals surface area contributed by atoms with Crippen molar-refractivity contribution in [2.24, 2.45) is 0 Å². The fourth-order valence-electron chi connectivity index (χ4n) is 2.56. The molecule has 2 aromatic carbocycles. The van der Waals surface area contributed by atoms with Crippen LogP contribution in [0.3, 0.4) is 0 Å². The minimum atomic E-state index is -4.48. The fraction of sp³-hybridized carbons (Fsp3) is 0.316. The minimum Gasteiger partial charge on any atom is -0.507 e. The summed E-state index contributed by atoms with van der Waals surface area (Å²) in [5.74, 6) is -0.525. The van der Waals surface area contributed by atoms with E-state index in [1.165, 1.54) is 37.4 Å². The largest absolute Gasteiger partial charge is 0.507 e. The summed E-state index contributed by atoms with van der Waals surface area (Å²) >= 11 is 0. The normalized spacial score (nSPS) is 11.6. The first kappa shape index (κ1) is 18.8. The molecular formula is C19H20F3NO2. The van der Waals surface area contributed by atoms with Crippen LogP contribution in [0.25, 0.3) is 0 Å². The molecule has 2 rings (SSSR count). The van der Waals surface area contributed by atoms with Crippen molar-refractivity contribution in [1.29, 1.82) is 0 Å². The van der Waals surface area contributed by atoms with Gasteiger partial charge in [0.05, 0.1) is 11.1 Å². The number of rotatable bonds is 4. The highest BCUT2D eigenvalue weighted by atomic mass is 19.4. The Morgan fingerprint density at radius 1 is 1.16 bits per heavy atom. The van der Waals surface area contributed by atoms with Crippen molar-refractivity contribution in [2.45, 2.75) is 32.5 Å². The molecule has 0 aliphatic carbocycles. The molecule has 0 radical (unpaired) electrons. The average molecular weight is 351 g/mol. The zero-order chi connectivity index (χ0) is 18.8. The molecule has 1 amide bonds. The van der Waals surface area contributed by atoms with Gasteiger partial charge in [0.15, 0.2) is 0 Å². The van der Waals surface area contributed by atoms with E-state index in [1.54, 1.807) is 6.07 Å². The van der Waals surface area contributed by atoms with Gasteiger partial charge in [-0.15, -0.1) is 0 Å². The second-order valence-corrected chi connectivity index (χ2v) is 6.25. The fourth-order valence-corrected chi connectivity index (χ4v) is 2.56. The molecule has 0 aliphatic heterocycles. The molecule has 0 spiro atoms. The van der Waals surface area contributed by atoms with Crippen LogP contribution < -0.4 is 0 Å². The molecule has 1 N–H and O–H groups in total. The predicted molar refractivity (Wildman–Crippen MR) is 89.4 cm³/mol. The highest BCUT2D eigenvalue weighted by molar-refractivity contribution is 5.96. The molecule has 0 aromatic heterocycles. The molecule has 6 heteroatoms. The number of amides is 1. The zero-order valence-corrected chi connectivity index (χ0v) is 14.3. The standard InChI is InChI=1S/C19H20F3NO2/c1-12(2)13-8-9-15(17(24)10-13)18(25)23(3)11-14-6-4-5-7-16(14)19(20,21)22/h4-10,12,24H,11H2,1-3H3. The molecule has 0 heterocycles. The van der Waals surface area contributed by atoms with Gasteiger partial charge in [0.2, 0.25) is 0 Å². The van der Waals surface area contributed by atoms with Crippen molar-refractivity contribution in [1.82, 2.24) is 4.90 Å². The number of phenolic OH excluding ortho intramolecular Hbond substituents is 1. The summed E-state index contributed by atoms with van der Waals surface area (Å²) < 4.78 is 39.2. The van der Waals surface area contributed by atoms with Crippen molar-refractivity contribution < 1.29 is 23.1 Å². The second kappa shape index (κ2) is 7.17. The summed E-state index contributed by atoms with van der Waals surface area (Å²) in [6, 6.07) is 9.88. The Morgan fingerprint density at radius 3 is 2.36 bits per heavy atom. The number of carbonyl (C=O) groups is 1. The van der Waals surface area contributed by atoms with Crippen LogP contribution >= 0.6 is 0 Å². The zero-order valence-electron chi connectivity index (χ0n) is 14.3. The summed E-state index contributed by atoms with van der Waals surface area (Å²) in [5.41, 5.74) is 0.175. The summed E-state index contributed by atoms with van der Waals surface area (Å²) in [6.07, 6.45) is -4.48. The smallest absolute Gasteiger partial charge is 0.416 e. The molecule has 2 aromatic rings. The van der Waals surface area contributed by atoms with Crippen molar-refractivity contribution in [3.8, 4) is 5.75 Å². The lowest BCUT2D eigenvalue weighted by atomic mass is 10.0. The van der Waals surface area contributed by atoms with Gasteiger partial charge in [-0.2, -0.15) is 13.2 Å². The number of carbonyl (C=O) groups excluding carboxylic acids is 1. The molecule has 0 unspecified atom stereocenters. The maximum Gasteiger partial charge on any atom is 0.416 e.